The molecule has 0 heterocycles. The van der Waals surface area contributed by atoms with Gasteiger partial charge in [-0.05, 0) is 24.1 Å². The van der Waals surface area contributed by atoms with E-state index in [1.807, 2.05) is 13.0 Å². The molecule has 1 aromatic rings. The molecule has 0 spiro atoms. The van der Waals surface area contributed by atoms with E-state index in [9.17, 15) is 8.42 Å². The largest absolute Gasteiger partial charge is 0.283 e. The van der Waals surface area contributed by atoms with E-state index < -0.39 is 10.0 Å². The van der Waals surface area contributed by atoms with Gasteiger partial charge < -0.3 is 0 Å². The number of nitrogens with one attached hydrogen (secondary N) is 1. The molecule has 0 bridgehead atoms. The molecule has 0 aliphatic rings. The van der Waals surface area contributed by atoms with Gasteiger partial charge in [0.15, 0.2) is 0 Å². The van der Waals surface area contributed by atoms with Gasteiger partial charge in [-0.2, -0.15) is 0 Å². The molecule has 0 saturated heterocycles. The van der Waals surface area contributed by atoms with E-state index in [1.165, 1.54) is 0 Å². The zero-order chi connectivity index (χ0) is 9.90. The molecular weight excluding hydrogens is 186 g/mol. The fraction of sp³-hybridized carbons (Fsp3) is 0.333. The average molecular weight is 198 g/mol. The molecule has 0 amide bonds. The van der Waals surface area contributed by atoms with Crippen LogP contribution in [0.25, 0.3) is 0 Å². The van der Waals surface area contributed by atoms with E-state index >= 15 is 0 Å². The highest BCUT2D eigenvalue weighted by Crippen LogP contribution is 2.15. The van der Waals surface area contributed by atoms with Crippen LogP contribution in [-0.2, 0) is 16.4 Å². The van der Waals surface area contributed by atoms with Crippen molar-refractivity contribution in [3.63, 3.8) is 0 Å². The molecule has 1 rings (SSSR count). The summed E-state index contributed by atoms with van der Waals surface area (Å²) in [7, 11) is -3.18. The maximum Gasteiger partial charge on any atom is 0.229 e. The summed E-state index contributed by atoms with van der Waals surface area (Å²) in [6.07, 6.45) is 1.94. The minimum atomic E-state index is -3.18. The molecule has 0 fully saturated rings. The number of hydrogen-bond donors (Lipinski definition) is 1. The van der Waals surface area contributed by atoms with Crippen LogP contribution in [-0.4, -0.2) is 14.7 Å². The molecule has 4 heteroatoms. The predicted molar refractivity (Wildman–Crippen MR) is 53.1 cm³/mol. The quantitative estimate of drug-likeness (QED) is 0.798. The molecule has 0 unspecified atom stereocenters. The molecule has 0 saturated carbocycles. The van der Waals surface area contributed by atoms with Crippen molar-refractivity contribution in [3.05, 3.63) is 29.8 Å². The van der Waals surface area contributed by atoms with Gasteiger partial charge in [0.25, 0.3) is 0 Å². The Bertz CT molecular complexity index is 384. The Hall–Kier alpha value is -1.03. The summed E-state index contributed by atoms with van der Waals surface area (Å²) in [5.74, 6) is 0. The lowest BCUT2D eigenvalue weighted by atomic mass is 10.1. The van der Waals surface area contributed by atoms with Crippen LogP contribution in [0.4, 0.5) is 5.69 Å². The van der Waals surface area contributed by atoms with Crippen LogP contribution >= 0.6 is 0 Å². The molecule has 71 valence electrons. The summed E-state index contributed by atoms with van der Waals surface area (Å²) in [6.45, 7) is 1.97. The summed E-state index contributed by atoms with van der Waals surface area (Å²) < 4.78 is 24.3. The first-order chi connectivity index (χ1) is 6.03. The van der Waals surface area contributed by atoms with Gasteiger partial charge in [-0.3, -0.25) is 4.72 Å². The summed E-state index contributed by atoms with van der Waals surface area (Å²) in [5.41, 5.74) is 1.59. The number of anilines is 1. The standard InChI is InChI=1S/C9H12NO2S/c1-3-8-6-4-5-7-9(8)10-13(2,11)12/h4,6-7,10H,3H2,1-2H3. The summed E-state index contributed by atoms with van der Waals surface area (Å²) in [6, 6.07) is 8.09. The summed E-state index contributed by atoms with van der Waals surface area (Å²) in [4.78, 5) is 0. The van der Waals surface area contributed by atoms with Gasteiger partial charge in [-0.1, -0.05) is 19.1 Å². The zero-order valence-corrected chi connectivity index (χ0v) is 8.48. The highest BCUT2D eigenvalue weighted by Gasteiger charge is 2.04. The first-order valence-electron chi connectivity index (χ1n) is 3.99. The Balaban J connectivity index is 3.01. The minimum Gasteiger partial charge on any atom is -0.283 e. The van der Waals surface area contributed by atoms with Gasteiger partial charge >= 0.3 is 0 Å². The van der Waals surface area contributed by atoms with Crippen LogP contribution in [0.1, 0.15) is 12.5 Å². The number of aryl methyl sites for hydroxylation is 1. The first-order valence-corrected chi connectivity index (χ1v) is 5.89. The van der Waals surface area contributed by atoms with Crippen molar-refractivity contribution >= 4 is 15.7 Å². The normalized spacial score (nSPS) is 11.2. The van der Waals surface area contributed by atoms with E-state index in [0.717, 1.165) is 18.2 Å². The van der Waals surface area contributed by atoms with E-state index in [0.29, 0.717) is 5.69 Å². The van der Waals surface area contributed by atoms with Crippen molar-refractivity contribution in [2.45, 2.75) is 13.3 Å². The number of hydrogen-bond acceptors (Lipinski definition) is 2. The molecule has 0 atom stereocenters. The SMILES string of the molecule is CCc1cc[c]cc1NS(C)(=O)=O. The molecule has 1 aromatic carbocycles. The second-order valence-corrected chi connectivity index (χ2v) is 4.56. The lowest BCUT2D eigenvalue weighted by Gasteiger charge is -2.07. The maximum absolute atomic E-state index is 10.9. The third-order valence-electron chi connectivity index (χ3n) is 1.63. The lowest BCUT2D eigenvalue weighted by molar-refractivity contribution is 0.606. The van der Waals surface area contributed by atoms with E-state index in [1.54, 1.807) is 12.1 Å². The van der Waals surface area contributed by atoms with E-state index in [4.69, 9.17) is 0 Å². The Morgan fingerprint density at radius 3 is 2.77 bits per heavy atom. The third-order valence-corrected chi connectivity index (χ3v) is 2.22. The zero-order valence-electron chi connectivity index (χ0n) is 7.66. The Labute approximate surface area is 78.8 Å². The molecule has 1 N–H and O–H groups in total. The Morgan fingerprint density at radius 2 is 2.23 bits per heavy atom. The van der Waals surface area contributed by atoms with Crippen molar-refractivity contribution in [3.8, 4) is 0 Å². The van der Waals surface area contributed by atoms with Gasteiger partial charge in [-0.15, -0.1) is 0 Å². The van der Waals surface area contributed by atoms with Crippen LogP contribution in [0.5, 0.6) is 0 Å². The summed E-state index contributed by atoms with van der Waals surface area (Å²) >= 11 is 0. The average Bonchev–Trinajstić information content (AvgIpc) is 2.02. The Kier molecular flexibility index (Phi) is 2.93. The Morgan fingerprint density at radius 1 is 1.54 bits per heavy atom. The monoisotopic (exact) mass is 198 g/mol. The first kappa shape index (κ1) is 10.1. The van der Waals surface area contributed by atoms with Crippen LogP contribution in [0.2, 0.25) is 0 Å². The third kappa shape index (κ3) is 3.06. The van der Waals surface area contributed by atoms with Gasteiger partial charge in [0.1, 0.15) is 0 Å². The topological polar surface area (TPSA) is 46.2 Å². The molecular formula is C9H12NO2S. The van der Waals surface area contributed by atoms with Crippen LogP contribution in [0.3, 0.4) is 0 Å². The molecule has 13 heavy (non-hydrogen) atoms. The van der Waals surface area contributed by atoms with Crippen molar-refractivity contribution in [2.24, 2.45) is 0 Å². The van der Waals surface area contributed by atoms with Gasteiger partial charge in [0.05, 0.1) is 11.9 Å². The fourth-order valence-electron chi connectivity index (χ4n) is 1.07. The second-order valence-electron chi connectivity index (χ2n) is 2.81. The number of rotatable bonds is 3. The van der Waals surface area contributed by atoms with Crippen LogP contribution < -0.4 is 4.72 Å². The number of sulfonamides is 1. The van der Waals surface area contributed by atoms with Crippen LogP contribution in [0, 0.1) is 6.07 Å². The predicted octanol–water partition coefficient (Wildman–Crippen LogP) is 1.42. The highest BCUT2D eigenvalue weighted by atomic mass is 32.2. The molecule has 1 radical (unpaired) electrons. The van der Waals surface area contributed by atoms with Crippen molar-refractivity contribution in [2.75, 3.05) is 11.0 Å². The van der Waals surface area contributed by atoms with Crippen molar-refractivity contribution < 1.29 is 8.42 Å². The lowest BCUT2D eigenvalue weighted by Crippen LogP contribution is -2.10. The van der Waals surface area contributed by atoms with E-state index in [2.05, 4.69) is 10.8 Å². The summed E-state index contributed by atoms with van der Waals surface area (Å²) in [5, 5.41) is 0. The molecule has 0 aliphatic heterocycles. The molecule has 0 aliphatic carbocycles. The highest BCUT2D eigenvalue weighted by molar-refractivity contribution is 7.92. The van der Waals surface area contributed by atoms with Gasteiger partial charge in [0, 0.05) is 0 Å². The van der Waals surface area contributed by atoms with Crippen molar-refractivity contribution in [1.82, 2.24) is 0 Å². The fourth-order valence-corrected chi connectivity index (χ4v) is 1.66. The van der Waals surface area contributed by atoms with Crippen molar-refractivity contribution in [1.29, 1.82) is 0 Å². The van der Waals surface area contributed by atoms with Gasteiger partial charge in [-0.25, -0.2) is 8.42 Å². The minimum absolute atomic E-state index is 0.618. The smallest absolute Gasteiger partial charge is 0.229 e. The molecule has 0 aromatic heterocycles. The van der Waals surface area contributed by atoms with Gasteiger partial charge in [0.2, 0.25) is 10.0 Å². The maximum atomic E-state index is 10.9. The molecule has 3 nitrogen and oxygen atoms in total. The second kappa shape index (κ2) is 3.79. The number of benzene rings is 1. The van der Waals surface area contributed by atoms with Crippen LogP contribution in [0.15, 0.2) is 18.2 Å². The van der Waals surface area contributed by atoms with E-state index in [-0.39, 0.29) is 0 Å².